The van der Waals surface area contributed by atoms with Crippen LogP contribution in [0.5, 0.6) is 0 Å². The molecule has 0 saturated heterocycles. The molecule has 4 aliphatic rings. The molecule has 3 aromatic rings. The molecular weight excluding hydrogens is 378 g/mol. The maximum absolute atomic E-state index is 4.98. The Hall–Kier alpha value is -2.94. The van der Waals surface area contributed by atoms with E-state index in [9.17, 15) is 0 Å². The summed E-state index contributed by atoms with van der Waals surface area (Å²) < 4.78 is 0. The molecule has 2 heterocycles. The lowest BCUT2D eigenvalue weighted by Gasteiger charge is -2.11. The van der Waals surface area contributed by atoms with Crippen LogP contribution in [0.3, 0.4) is 0 Å². The van der Waals surface area contributed by atoms with Gasteiger partial charge in [-0.05, 0) is 62.9 Å². The van der Waals surface area contributed by atoms with Gasteiger partial charge in [-0.15, -0.1) is 0 Å². The van der Waals surface area contributed by atoms with Gasteiger partial charge >= 0.3 is 0 Å². The molecule has 7 rings (SSSR count). The highest BCUT2D eigenvalue weighted by Gasteiger charge is 2.34. The van der Waals surface area contributed by atoms with E-state index in [1.165, 1.54) is 72.9 Å². The summed E-state index contributed by atoms with van der Waals surface area (Å²) in [5.41, 5.74) is 18.3. The summed E-state index contributed by atoms with van der Waals surface area (Å²) in [5.74, 6) is 2.09. The fraction of sp³-hybridized carbons (Fsp3) is 0.357. The molecule has 3 heteroatoms. The third-order valence-electron chi connectivity index (χ3n) is 7.70. The Morgan fingerprint density at radius 2 is 1.52 bits per heavy atom. The number of fused-ring (bicyclic) bond motifs is 9. The summed E-state index contributed by atoms with van der Waals surface area (Å²) in [7, 11) is 0. The minimum absolute atomic E-state index is 0.435. The Labute approximate surface area is 183 Å². The van der Waals surface area contributed by atoms with Gasteiger partial charge in [-0.3, -0.25) is 4.99 Å². The van der Waals surface area contributed by atoms with Crippen LogP contribution >= 0.6 is 0 Å². The molecule has 0 spiro atoms. The van der Waals surface area contributed by atoms with Crippen molar-refractivity contribution in [1.82, 2.24) is 9.97 Å². The first-order chi connectivity index (χ1) is 15.0. The minimum Gasteiger partial charge on any atom is -0.345 e. The van der Waals surface area contributed by atoms with Crippen LogP contribution in [0.25, 0.3) is 28.0 Å². The van der Waals surface area contributed by atoms with E-state index in [0.29, 0.717) is 11.8 Å². The van der Waals surface area contributed by atoms with Crippen LogP contribution < -0.4 is 0 Å². The highest BCUT2D eigenvalue weighted by Crippen LogP contribution is 2.49. The molecule has 3 aliphatic carbocycles. The SMILES string of the molecule is CC(C)C1=NC2=C(C1)c1cc3c(cc1C2)-c1ccc2c(c1C3)Cc1[nH]c(C(C)C)nc1-2. The number of nitrogens with zero attached hydrogens (tertiary/aromatic N) is 2. The molecule has 0 atom stereocenters. The van der Waals surface area contributed by atoms with Gasteiger partial charge in [-0.1, -0.05) is 45.9 Å². The fourth-order valence-electron chi connectivity index (χ4n) is 5.98. The number of benzene rings is 2. The van der Waals surface area contributed by atoms with Gasteiger partial charge in [0.15, 0.2) is 0 Å². The number of imidazole rings is 1. The highest BCUT2D eigenvalue weighted by atomic mass is 15.0. The Balaban J connectivity index is 1.28. The van der Waals surface area contributed by atoms with E-state index >= 15 is 0 Å². The first-order valence-corrected chi connectivity index (χ1v) is 11.7. The molecule has 0 bridgehead atoms. The molecule has 154 valence electrons. The smallest absolute Gasteiger partial charge is 0.109 e. The summed E-state index contributed by atoms with van der Waals surface area (Å²) >= 11 is 0. The quantitative estimate of drug-likeness (QED) is 0.360. The lowest BCUT2D eigenvalue weighted by atomic mass is 9.93. The van der Waals surface area contributed by atoms with E-state index < -0.39 is 0 Å². The third kappa shape index (κ3) is 2.29. The molecule has 0 radical (unpaired) electrons. The zero-order valence-corrected chi connectivity index (χ0v) is 18.7. The van der Waals surface area contributed by atoms with Crippen LogP contribution in [0.15, 0.2) is 35.0 Å². The monoisotopic (exact) mass is 405 g/mol. The Kier molecular flexibility index (Phi) is 3.34. The van der Waals surface area contributed by atoms with Crippen molar-refractivity contribution in [1.29, 1.82) is 0 Å². The Morgan fingerprint density at radius 1 is 0.774 bits per heavy atom. The Morgan fingerprint density at radius 3 is 2.32 bits per heavy atom. The van der Waals surface area contributed by atoms with E-state index in [-0.39, 0.29) is 0 Å². The lowest BCUT2D eigenvalue weighted by molar-refractivity contribution is 0.789. The average molecular weight is 406 g/mol. The van der Waals surface area contributed by atoms with Crippen molar-refractivity contribution in [2.45, 2.75) is 59.3 Å². The van der Waals surface area contributed by atoms with E-state index in [0.717, 1.165) is 31.5 Å². The summed E-state index contributed by atoms with van der Waals surface area (Å²) in [6, 6.07) is 9.61. The molecule has 31 heavy (non-hydrogen) atoms. The normalized spacial score (nSPS) is 17.2. The molecule has 0 unspecified atom stereocenters. The number of nitrogens with one attached hydrogen (secondary N) is 1. The van der Waals surface area contributed by atoms with Crippen LogP contribution in [-0.2, 0) is 19.3 Å². The third-order valence-corrected chi connectivity index (χ3v) is 7.70. The summed E-state index contributed by atoms with van der Waals surface area (Å²) in [6.07, 6.45) is 4.08. The Bertz CT molecular complexity index is 1380. The van der Waals surface area contributed by atoms with Crippen molar-refractivity contribution in [2.24, 2.45) is 10.9 Å². The van der Waals surface area contributed by atoms with Crippen molar-refractivity contribution >= 4 is 11.3 Å². The van der Waals surface area contributed by atoms with Crippen molar-refractivity contribution in [3.8, 4) is 22.4 Å². The van der Waals surface area contributed by atoms with Crippen LogP contribution in [0.1, 0.15) is 79.4 Å². The van der Waals surface area contributed by atoms with Crippen molar-refractivity contribution in [3.05, 3.63) is 69.3 Å². The number of hydrogen-bond acceptors (Lipinski definition) is 2. The number of aromatic amines is 1. The number of aromatic nitrogens is 2. The second kappa shape index (κ2) is 5.85. The number of allylic oxidation sites excluding steroid dienone is 2. The molecule has 0 amide bonds. The molecule has 0 fully saturated rings. The van der Waals surface area contributed by atoms with Gasteiger partial charge in [0.1, 0.15) is 5.82 Å². The first-order valence-electron chi connectivity index (χ1n) is 11.7. The number of H-pyrrole nitrogens is 1. The molecule has 0 saturated carbocycles. The molecule has 1 aromatic heterocycles. The topological polar surface area (TPSA) is 41.0 Å². The standard InChI is InChI=1S/C28H27N3/c1-13(2)24-12-23-20-7-15-9-21-17(19(15)8-16(20)10-25(23)29-24)5-6-18-22(21)11-26-27(18)31-28(30-26)14(3)4/h5-8,13-14H,9-12H2,1-4H3,(H,30,31). The molecule has 3 nitrogen and oxygen atoms in total. The minimum atomic E-state index is 0.435. The maximum atomic E-state index is 4.98. The van der Waals surface area contributed by atoms with Gasteiger partial charge in [-0.2, -0.15) is 0 Å². The van der Waals surface area contributed by atoms with Crippen LogP contribution in [-0.4, -0.2) is 15.7 Å². The maximum Gasteiger partial charge on any atom is 0.109 e. The van der Waals surface area contributed by atoms with Crippen molar-refractivity contribution in [3.63, 3.8) is 0 Å². The van der Waals surface area contributed by atoms with E-state index in [4.69, 9.17) is 9.98 Å². The first kappa shape index (κ1) is 17.7. The van der Waals surface area contributed by atoms with E-state index in [1.807, 2.05) is 0 Å². The predicted molar refractivity (Wildman–Crippen MR) is 127 cm³/mol. The summed E-state index contributed by atoms with van der Waals surface area (Å²) in [4.78, 5) is 13.5. The van der Waals surface area contributed by atoms with Gasteiger partial charge in [0.2, 0.25) is 0 Å². The van der Waals surface area contributed by atoms with Crippen molar-refractivity contribution in [2.75, 3.05) is 0 Å². The number of rotatable bonds is 2. The van der Waals surface area contributed by atoms with Gasteiger partial charge in [-0.25, -0.2) is 4.98 Å². The van der Waals surface area contributed by atoms with Crippen LogP contribution in [0.2, 0.25) is 0 Å². The lowest BCUT2D eigenvalue weighted by Crippen LogP contribution is -2.05. The van der Waals surface area contributed by atoms with Gasteiger partial charge < -0.3 is 4.98 Å². The predicted octanol–water partition coefficient (Wildman–Crippen LogP) is 6.44. The van der Waals surface area contributed by atoms with E-state index in [1.54, 1.807) is 0 Å². The summed E-state index contributed by atoms with van der Waals surface area (Å²) in [5, 5.41) is 0. The van der Waals surface area contributed by atoms with Gasteiger partial charge in [0.05, 0.1) is 5.69 Å². The van der Waals surface area contributed by atoms with Crippen molar-refractivity contribution < 1.29 is 0 Å². The second-order valence-electron chi connectivity index (χ2n) is 10.3. The fourth-order valence-corrected chi connectivity index (χ4v) is 5.98. The number of hydrogen-bond donors (Lipinski definition) is 1. The largest absolute Gasteiger partial charge is 0.345 e. The molecule has 1 N–H and O–H groups in total. The zero-order chi connectivity index (χ0) is 21.0. The van der Waals surface area contributed by atoms with E-state index in [2.05, 4.69) is 56.9 Å². The highest BCUT2D eigenvalue weighted by molar-refractivity contribution is 6.03. The van der Waals surface area contributed by atoms with Gasteiger partial charge in [0.25, 0.3) is 0 Å². The van der Waals surface area contributed by atoms with Crippen LogP contribution in [0, 0.1) is 5.92 Å². The van der Waals surface area contributed by atoms with Gasteiger partial charge in [0, 0.05) is 47.8 Å². The average Bonchev–Trinajstić information content (AvgIpc) is 3.49. The summed E-state index contributed by atoms with van der Waals surface area (Å²) in [6.45, 7) is 8.92. The second-order valence-corrected chi connectivity index (χ2v) is 10.3. The molecule has 1 aliphatic heterocycles. The van der Waals surface area contributed by atoms with Crippen LogP contribution in [0.4, 0.5) is 0 Å². The zero-order valence-electron chi connectivity index (χ0n) is 18.7. The molecule has 2 aromatic carbocycles. The molecular formula is C28H27N3. The number of aliphatic imine (C=N–C) groups is 1.